The van der Waals surface area contributed by atoms with E-state index in [0.717, 1.165) is 19.3 Å². The third-order valence-electron chi connectivity index (χ3n) is 5.63. The van der Waals surface area contributed by atoms with Gasteiger partial charge in [-0.3, -0.25) is 9.59 Å². The molecular formula is C26H31NO6. The molecule has 1 unspecified atom stereocenters. The van der Waals surface area contributed by atoms with E-state index < -0.39 is 17.7 Å². The zero-order valence-corrected chi connectivity index (χ0v) is 19.4. The number of nitrogens with zero attached hydrogens (tertiary/aromatic N) is 1. The molecule has 0 bridgehead atoms. The summed E-state index contributed by atoms with van der Waals surface area (Å²) in [6.07, 6.45) is 3.20. The molecule has 2 aromatic rings. The summed E-state index contributed by atoms with van der Waals surface area (Å²) in [7, 11) is 3.08. The first-order valence-electron chi connectivity index (χ1n) is 11.2. The van der Waals surface area contributed by atoms with Crippen LogP contribution < -0.4 is 9.47 Å². The first-order valence-corrected chi connectivity index (χ1v) is 11.2. The first-order chi connectivity index (χ1) is 16.0. The quantitative estimate of drug-likeness (QED) is 0.236. The van der Waals surface area contributed by atoms with Crippen LogP contribution in [0.3, 0.4) is 0 Å². The molecule has 0 saturated carbocycles. The van der Waals surface area contributed by atoms with Gasteiger partial charge in [0.05, 0.1) is 31.9 Å². The summed E-state index contributed by atoms with van der Waals surface area (Å²) in [5, 5.41) is 11.1. The molecule has 0 aromatic heterocycles. The van der Waals surface area contributed by atoms with Crippen LogP contribution in [0.2, 0.25) is 0 Å². The van der Waals surface area contributed by atoms with Crippen molar-refractivity contribution >= 4 is 17.4 Å². The van der Waals surface area contributed by atoms with Crippen LogP contribution >= 0.6 is 0 Å². The van der Waals surface area contributed by atoms with Crippen LogP contribution in [0.4, 0.5) is 0 Å². The molecule has 0 radical (unpaired) electrons. The van der Waals surface area contributed by atoms with E-state index in [9.17, 15) is 14.7 Å². The maximum absolute atomic E-state index is 13.0. The predicted molar refractivity (Wildman–Crippen MR) is 125 cm³/mol. The van der Waals surface area contributed by atoms with Gasteiger partial charge in [0.1, 0.15) is 17.3 Å². The highest BCUT2D eigenvalue weighted by molar-refractivity contribution is 6.46. The van der Waals surface area contributed by atoms with Crippen LogP contribution in [0.1, 0.15) is 43.4 Å². The van der Waals surface area contributed by atoms with E-state index >= 15 is 0 Å². The Hall–Kier alpha value is -3.32. The van der Waals surface area contributed by atoms with Crippen LogP contribution in [-0.4, -0.2) is 55.7 Å². The number of likely N-dealkylation sites (tertiary alicyclic amines) is 1. The van der Waals surface area contributed by atoms with Crippen molar-refractivity contribution in [2.45, 2.75) is 32.2 Å². The third kappa shape index (κ3) is 5.54. The average molecular weight is 454 g/mol. The van der Waals surface area contributed by atoms with Gasteiger partial charge < -0.3 is 24.2 Å². The summed E-state index contributed by atoms with van der Waals surface area (Å²) in [5.41, 5.74) is 1.15. The molecule has 1 aliphatic rings. The van der Waals surface area contributed by atoms with Crippen molar-refractivity contribution in [1.29, 1.82) is 0 Å². The predicted octanol–water partition coefficient (Wildman–Crippen LogP) is 4.33. The number of carbonyl (C=O) groups excluding carboxylic acids is 2. The molecule has 1 aliphatic heterocycles. The average Bonchev–Trinajstić information content (AvgIpc) is 3.10. The Labute approximate surface area is 194 Å². The van der Waals surface area contributed by atoms with Crippen molar-refractivity contribution in [3.63, 3.8) is 0 Å². The van der Waals surface area contributed by atoms with Gasteiger partial charge >= 0.3 is 0 Å². The van der Waals surface area contributed by atoms with Gasteiger partial charge in [0.2, 0.25) is 0 Å². The Morgan fingerprint density at radius 1 is 1.00 bits per heavy atom. The second-order valence-electron chi connectivity index (χ2n) is 7.84. The molecule has 1 amide bonds. The van der Waals surface area contributed by atoms with E-state index in [4.69, 9.17) is 14.2 Å². The van der Waals surface area contributed by atoms with E-state index in [1.807, 2.05) is 0 Å². The summed E-state index contributed by atoms with van der Waals surface area (Å²) in [4.78, 5) is 27.3. The zero-order valence-electron chi connectivity index (χ0n) is 19.4. The number of carbonyl (C=O) groups is 2. The molecular weight excluding hydrogens is 422 g/mol. The van der Waals surface area contributed by atoms with E-state index in [2.05, 4.69) is 6.92 Å². The summed E-state index contributed by atoms with van der Waals surface area (Å²) in [6.45, 7) is 3.23. The summed E-state index contributed by atoms with van der Waals surface area (Å²) < 4.78 is 16.2. The van der Waals surface area contributed by atoms with Crippen molar-refractivity contribution < 1.29 is 28.9 Å². The number of Topliss-reactive ketones (excluding diaryl/α,β-unsaturated/α-hetero) is 1. The smallest absolute Gasteiger partial charge is 0.295 e. The number of benzene rings is 2. The highest BCUT2D eigenvalue weighted by Crippen LogP contribution is 2.40. The van der Waals surface area contributed by atoms with Crippen molar-refractivity contribution in [2.24, 2.45) is 0 Å². The topological polar surface area (TPSA) is 85.3 Å². The number of hydrogen-bond donors (Lipinski definition) is 1. The molecule has 0 aliphatic carbocycles. The Kier molecular flexibility index (Phi) is 8.49. The lowest BCUT2D eigenvalue weighted by molar-refractivity contribution is -0.140. The minimum atomic E-state index is -0.750. The number of amides is 1. The largest absolute Gasteiger partial charge is 0.507 e. The lowest BCUT2D eigenvalue weighted by atomic mass is 9.95. The summed E-state index contributed by atoms with van der Waals surface area (Å²) >= 11 is 0. The fraction of sp³-hybridized carbons (Fsp3) is 0.385. The number of unbranched alkanes of at least 4 members (excludes halogenated alkanes) is 2. The maximum Gasteiger partial charge on any atom is 0.295 e. The highest BCUT2D eigenvalue weighted by atomic mass is 16.5. The molecule has 0 spiro atoms. The minimum absolute atomic E-state index is 0.0426. The van der Waals surface area contributed by atoms with Crippen molar-refractivity contribution in [1.82, 2.24) is 4.90 Å². The minimum Gasteiger partial charge on any atom is -0.507 e. The summed E-state index contributed by atoms with van der Waals surface area (Å²) in [5.74, 6) is -0.339. The third-order valence-corrected chi connectivity index (χ3v) is 5.63. The van der Waals surface area contributed by atoms with E-state index in [1.54, 1.807) is 55.6 Å². The fourth-order valence-corrected chi connectivity index (χ4v) is 3.87. The molecule has 7 nitrogen and oxygen atoms in total. The van der Waals surface area contributed by atoms with Crippen LogP contribution in [0.15, 0.2) is 54.1 Å². The Morgan fingerprint density at radius 3 is 2.42 bits per heavy atom. The normalized spacial score (nSPS) is 17.4. The molecule has 1 saturated heterocycles. The molecule has 1 atom stereocenters. The molecule has 1 fully saturated rings. The van der Waals surface area contributed by atoms with Crippen molar-refractivity contribution in [3.05, 3.63) is 65.2 Å². The number of ether oxygens (including phenoxy) is 3. The van der Waals surface area contributed by atoms with Crippen LogP contribution in [0.5, 0.6) is 11.5 Å². The number of ketones is 1. The molecule has 33 heavy (non-hydrogen) atoms. The molecule has 3 rings (SSSR count). The number of methoxy groups -OCH3 is 2. The lowest BCUT2D eigenvalue weighted by Gasteiger charge is -2.25. The van der Waals surface area contributed by atoms with Gasteiger partial charge in [0, 0.05) is 19.2 Å². The molecule has 7 heteroatoms. The van der Waals surface area contributed by atoms with Crippen LogP contribution in [0.25, 0.3) is 5.76 Å². The SMILES string of the molecule is CCCCCOc1ccc(/C(O)=C2/C(=O)C(=O)N(CCOC)C2c2cccc(OC)c2)cc1. The Balaban J connectivity index is 1.97. The van der Waals surface area contributed by atoms with Gasteiger partial charge in [0.15, 0.2) is 0 Å². The first kappa shape index (κ1) is 24.3. The number of aliphatic hydroxyl groups excluding tert-OH is 1. The zero-order chi connectivity index (χ0) is 23.8. The molecule has 1 N–H and O–H groups in total. The maximum atomic E-state index is 13.0. The van der Waals surface area contributed by atoms with Gasteiger partial charge in [-0.2, -0.15) is 0 Å². The number of hydrogen-bond acceptors (Lipinski definition) is 6. The number of aliphatic hydroxyl groups is 1. The molecule has 176 valence electrons. The number of rotatable bonds is 11. The van der Waals surface area contributed by atoms with E-state index in [-0.39, 0.29) is 24.5 Å². The van der Waals surface area contributed by atoms with Gasteiger partial charge in [-0.1, -0.05) is 31.9 Å². The monoisotopic (exact) mass is 453 g/mol. The van der Waals surface area contributed by atoms with E-state index in [0.29, 0.717) is 29.2 Å². The standard InChI is InChI=1S/C26H31NO6/c1-4-5-6-15-33-20-12-10-18(11-13-20)24(28)22-23(19-8-7-9-21(17-19)32-3)27(14-16-31-2)26(30)25(22)29/h7-13,17,23,28H,4-6,14-16H2,1-3H3/b24-22-. The van der Waals surface area contributed by atoms with Gasteiger partial charge in [0.25, 0.3) is 11.7 Å². The Morgan fingerprint density at radius 2 is 1.76 bits per heavy atom. The van der Waals surface area contributed by atoms with E-state index in [1.165, 1.54) is 12.0 Å². The van der Waals surface area contributed by atoms with Gasteiger partial charge in [-0.05, 0) is 48.4 Å². The Bertz CT molecular complexity index is 998. The second-order valence-corrected chi connectivity index (χ2v) is 7.84. The van der Waals surface area contributed by atoms with Gasteiger partial charge in [-0.25, -0.2) is 0 Å². The lowest BCUT2D eigenvalue weighted by Crippen LogP contribution is -2.32. The van der Waals surface area contributed by atoms with Crippen molar-refractivity contribution in [2.75, 3.05) is 34.0 Å². The molecule has 2 aromatic carbocycles. The molecule has 1 heterocycles. The van der Waals surface area contributed by atoms with Gasteiger partial charge in [-0.15, -0.1) is 0 Å². The van der Waals surface area contributed by atoms with Crippen LogP contribution in [-0.2, 0) is 14.3 Å². The fourth-order valence-electron chi connectivity index (χ4n) is 3.87. The highest BCUT2D eigenvalue weighted by Gasteiger charge is 2.45. The van der Waals surface area contributed by atoms with Crippen molar-refractivity contribution in [3.8, 4) is 11.5 Å². The van der Waals surface area contributed by atoms with Crippen LogP contribution in [0, 0.1) is 0 Å². The summed E-state index contributed by atoms with van der Waals surface area (Å²) in [6, 6.07) is 13.3. The second kappa shape index (κ2) is 11.5.